The number of pyridine rings is 1. The lowest BCUT2D eigenvalue weighted by atomic mass is 10.1. The molecule has 4 heterocycles. The van der Waals surface area contributed by atoms with Crippen molar-refractivity contribution in [3.8, 4) is 6.07 Å². The van der Waals surface area contributed by atoms with E-state index in [0.29, 0.717) is 0 Å². The Morgan fingerprint density at radius 1 is 1.39 bits per heavy atom. The zero-order valence-corrected chi connectivity index (χ0v) is 15.1. The van der Waals surface area contributed by atoms with Gasteiger partial charge >= 0.3 is 0 Å². The maximum Gasteiger partial charge on any atom is 0.266 e. The Morgan fingerprint density at radius 2 is 2.14 bits per heavy atom. The minimum Gasteiger partial charge on any atom is -0.394 e. The predicted octanol–water partition coefficient (Wildman–Crippen LogP) is 0.413. The van der Waals surface area contributed by atoms with E-state index in [-0.39, 0.29) is 40.5 Å². The van der Waals surface area contributed by atoms with E-state index < -0.39 is 43.6 Å². The number of hydrogen-bond donors (Lipinski definition) is 3. The molecule has 0 aromatic carbocycles. The van der Waals surface area contributed by atoms with Crippen molar-refractivity contribution in [3.63, 3.8) is 0 Å². The Morgan fingerprint density at radius 3 is 2.71 bits per heavy atom. The Bertz CT molecular complexity index is 965. The second-order valence-electron chi connectivity index (χ2n) is 6.82. The second kappa shape index (κ2) is 6.75. The van der Waals surface area contributed by atoms with Crippen molar-refractivity contribution in [3.05, 3.63) is 17.0 Å². The summed E-state index contributed by atoms with van der Waals surface area (Å²) in [6, 6.07) is 1.89. The molecule has 2 aromatic heterocycles. The number of fused-ring (bicyclic) bond motifs is 1. The standard InChI is InChI=1S/C16H16ClF2N5O4/c17-13-7(3-20)10(23-2-1-16(18,19)5-23)9-14(22-13)24(6-21-9)15-12(27)11(26)8(4-25)28-15/h6,8,11-12,15,25-27H,1-2,4-5H2/t8-,11-,12-,15-/m1/s1. The molecule has 2 aromatic rings. The van der Waals surface area contributed by atoms with Crippen LogP contribution in [-0.2, 0) is 4.74 Å². The Kier molecular flexibility index (Phi) is 4.64. The largest absolute Gasteiger partial charge is 0.394 e. The number of ether oxygens (including phenoxy) is 1. The van der Waals surface area contributed by atoms with Crippen LogP contribution in [0.15, 0.2) is 6.33 Å². The summed E-state index contributed by atoms with van der Waals surface area (Å²) >= 11 is 6.13. The van der Waals surface area contributed by atoms with Gasteiger partial charge in [-0.15, -0.1) is 0 Å². The zero-order valence-electron chi connectivity index (χ0n) is 14.3. The van der Waals surface area contributed by atoms with Crippen molar-refractivity contribution in [2.24, 2.45) is 0 Å². The van der Waals surface area contributed by atoms with Crippen LogP contribution in [0, 0.1) is 11.3 Å². The van der Waals surface area contributed by atoms with Gasteiger partial charge in [0, 0.05) is 13.0 Å². The van der Waals surface area contributed by atoms with E-state index >= 15 is 0 Å². The molecule has 0 saturated carbocycles. The second-order valence-corrected chi connectivity index (χ2v) is 7.18. The van der Waals surface area contributed by atoms with Crippen molar-refractivity contribution in [1.82, 2.24) is 14.5 Å². The first kappa shape index (κ1) is 19.2. The van der Waals surface area contributed by atoms with Gasteiger partial charge in [-0.05, 0) is 0 Å². The highest BCUT2D eigenvalue weighted by molar-refractivity contribution is 6.31. The van der Waals surface area contributed by atoms with E-state index in [1.54, 1.807) is 0 Å². The maximum atomic E-state index is 13.7. The van der Waals surface area contributed by atoms with Gasteiger partial charge in [-0.1, -0.05) is 11.6 Å². The molecule has 2 saturated heterocycles. The Labute approximate surface area is 162 Å². The number of aliphatic hydroxyl groups is 3. The lowest BCUT2D eigenvalue weighted by Gasteiger charge is -2.21. The first-order valence-corrected chi connectivity index (χ1v) is 8.86. The topological polar surface area (TPSA) is 128 Å². The van der Waals surface area contributed by atoms with Gasteiger partial charge in [0.1, 0.15) is 35.5 Å². The number of alkyl halides is 2. The number of nitrogens with zero attached hydrogens (tertiary/aromatic N) is 5. The summed E-state index contributed by atoms with van der Waals surface area (Å²) in [6.07, 6.45) is -3.96. The molecule has 0 spiro atoms. The van der Waals surface area contributed by atoms with Crippen LogP contribution in [0.3, 0.4) is 0 Å². The fourth-order valence-corrected chi connectivity index (χ4v) is 3.84. The number of aromatic nitrogens is 3. The van der Waals surface area contributed by atoms with Crippen LogP contribution in [0.25, 0.3) is 11.2 Å². The van der Waals surface area contributed by atoms with Crippen molar-refractivity contribution in [2.45, 2.75) is 36.9 Å². The van der Waals surface area contributed by atoms with E-state index in [1.165, 1.54) is 15.8 Å². The molecule has 0 bridgehead atoms. The van der Waals surface area contributed by atoms with Gasteiger partial charge < -0.3 is 25.0 Å². The molecule has 0 amide bonds. The summed E-state index contributed by atoms with van der Waals surface area (Å²) < 4.78 is 34.2. The molecule has 9 nitrogen and oxygen atoms in total. The van der Waals surface area contributed by atoms with E-state index in [9.17, 15) is 29.4 Å². The highest BCUT2D eigenvalue weighted by Crippen LogP contribution is 2.40. The highest BCUT2D eigenvalue weighted by atomic mass is 35.5. The molecule has 2 aliphatic heterocycles. The molecule has 3 N–H and O–H groups in total. The molecular formula is C16H16ClF2N5O4. The molecule has 0 unspecified atom stereocenters. The summed E-state index contributed by atoms with van der Waals surface area (Å²) in [5, 5.41) is 38.7. The lowest BCUT2D eigenvalue weighted by Crippen LogP contribution is -2.33. The van der Waals surface area contributed by atoms with Crippen LogP contribution in [-0.4, -0.2) is 73.8 Å². The summed E-state index contributed by atoms with van der Waals surface area (Å²) in [7, 11) is 0. The summed E-state index contributed by atoms with van der Waals surface area (Å²) in [4.78, 5) is 9.64. The van der Waals surface area contributed by atoms with E-state index in [4.69, 9.17) is 16.3 Å². The Balaban J connectivity index is 1.84. The van der Waals surface area contributed by atoms with Crippen LogP contribution in [0.4, 0.5) is 14.5 Å². The third-order valence-electron chi connectivity index (χ3n) is 5.03. The van der Waals surface area contributed by atoms with Crippen molar-refractivity contribution in [1.29, 1.82) is 5.26 Å². The van der Waals surface area contributed by atoms with Gasteiger partial charge in [-0.25, -0.2) is 18.7 Å². The van der Waals surface area contributed by atoms with Gasteiger partial charge in [0.15, 0.2) is 17.0 Å². The molecule has 150 valence electrons. The molecular weight excluding hydrogens is 400 g/mol. The zero-order chi connectivity index (χ0) is 20.2. The van der Waals surface area contributed by atoms with Gasteiger partial charge in [0.25, 0.3) is 5.92 Å². The van der Waals surface area contributed by atoms with Crippen LogP contribution >= 0.6 is 11.6 Å². The molecule has 4 atom stereocenters. The number of imidazole rings is 1. The van der Waals surface area contributed by atoms with Crippen molar-refractivity contribution >= 4 is 28.5 Å². The molecule has 4 rings (SSSR count). The summed E-state index contributed by atoms with van der Waals surface area (Å²) in [5.74, 6) is -2.90. The van der Waals surface area contributed by atoms with Crippen LogP contribution in [0.5, 0.6) is 0 Å². The summed E-state index contributed by atoms with van der Waals surface area (Å²) in [5.41, 5.74) is 0.318. The SMILES string of the molecule is N#Cc1c(Cl)nc2c(ncn2[C@@H]2O[C@H](CO)[C@@H](O)[C@H]2O)c1N1CCC(F)(F)C1. The fraction of sp³-hybridized carbons (Fsp3) is 0.562. The average Bonchev–Trinajstić information content (AvgIpc) is 3.30. The smallest absolute Gasteiger partial charge is 0.266 e. The third-order valence-corrected chi connectivity index (χ3v) is 5.30. The molecule has 28 heavy (non-hydrogen) atoms. The molecule has 0 radical (unpaired) electrons. The maximum absolute atomic E-state index is 13.7. The number of anilines is 1. The number of nitriles is 1. The molecule has 0 aliphatic carbocycles. The normalized spacial score (nSPS) is 29.5. The number of hydrogen-bond acceptors (Lipinski definition) is 8. The quantitative estimate of drug-likeness (QED) is 0.615. The number of rotatable bonds is 3. The van der Waals surface area contributed by atoms with E-state index in [2.05, 4.69) is 9.97 Å². The summed E-state index contributed by atoms with van der Waals surface area (Å²) in [6.45, 7) is -1.09. The fourth-order valence-electron chi connectivity index (χ4n) is 3.63. The predicted molar refractivity (Wildman–Crippen MR) is 92.0 cm³/mol. The highest BCUT2D eigenvalue weighted by Gasteiger charge is 2.45. The van der Waals surface area contributed by atoms with Gasteiger partial charge in [0.05, 0.1) is 25.2 Å². The average molecular weight is 416 g/mol. The van der Waals surface area contributed by atoms with Gasteiger partial charge in [-0.2, -0.15) is 5.26 Å². The minimum absolute atomic E-state index is 0.0117. The molecule has 12 heteroatoms. The first-order valence-electron chi connectivity index (χ1n) is 8.49. The van der Waals surface area contributed by atoms with Gasteiger partial charge in [0.2, 0.25) is 0 Å². The molecule has 2 fully saturated rings. The Hall–Kier alpha value is -2.10. The molecule has 2 aliphatic rings. The number of aliphatic hydroxyl groups excluding tert-OH is 3. The van der Waals surface area contributed by atoms with Crippen molar-refractivity contribution in [2.75, 3.05) is 24.6 Å². The minimum atomic E-state index is -2.90. The van der Waals surface area contributed by atoms with Crippen molar-refractivity contribution < 1.29 is 28.8 Å². The van der Waals surface area contributed by atoms with E-state index in [0.717, 1.165) is 0 Å². The van der Waals surface area contributed by atoms with Gasteiger partial charge in [-0.3, -0.25) is 4.57 Å². The monoisotopic (exact) mass is 415 g/mol. The first-order chi connectivity index (χ1) is 13.3. The van der Waals surface area contributed by atoms with E-state index in [1.807, 2.05) is 6.07 Å². The van der Waals surface area contributed by atoms with Crippen LogP contribution in [0.1, 0.15) is 18.2 Å². The number of halogens is 3. The van der Waals surface area contributed by atoms with Crippen LogP contribution in [0.2, 0.25) is 5.15 Å². The van der Waals surface area contributed by atoms with Crippen LogP contribution < -0.4 is 4.90 Å². The lowest BCUT2D eigenvalue weighted by molar-refractivity contribution is -0.0511. The third kappa shape index (κ3) is 2.89.